The van der Waals surface area contributed by atoms with Crippen LogP contribution in [0.2, 0.25) is 0 Å². The topological polar surface area (TPSA) is 91.8 Å². The van der Waals surface area contributed by atoms with Crippen LogP contribution in [0, 0.1) is 0 Å². The van der Waals surface area contributed by atoms with Gasteiger partial charge in [0.2, 0.25) is 11.9 Å². The summed E-state index contributed by atoms with van der Waals surface area (Å²) >= 11 is 3.39. The van der Waals surface area contributed by atoms with Crippen molar-refractivity contribution in [3.8, 4) is 0 Å². The molecule has 8 heteroatoms. The number of nitrogens with one attached hydrogen (secondary N) is 3. The maximum atomic E-state index is 11.1. The first-order chi connectivity index (χ1) is 12.1. The SMILES string of the molecule is CC(=O)Nc1cccc(Nc2cnnc(Nc3ccc(Br)cc3)n2)c1. The van der Waals surface area contributed by atoms with E-state index < -0.39 is 0 Å². The van der Waals surface area contributed by atoms with E-state index in [0.29, 0.717) is 17.5 Å². The van der Waals surface area contributed by atoms with Crippen molar-refractivity contribution >= 4 is 50.7 Å². The molecule has 3 N–H and O–H groups in total. The number of rotatable bonds is 5. The van der Waals surface area contributed by atoms with Crippen LogP contribution in [0.5, 0.6) is 0 Å². The molecule has 0 unspecified atom stereocenters. The highest BCUT2D eigenvalue weighted by Gasteiger charge is 2.03. The number of hydrogen-bond acceptors (Lipinski definition) is 6. The number of hydrogen-bond donors (Lipinski definition) is 3. The highest BCUT2D eigenvalue weighted by atomic mass is 79.9. The van der Waals surface area contributed by atoms with Crippen LogP contribution in [0.25, 0.3) is 0 Å². The van der Waals surface area contributed by atoms with Crippen LogP contribution in [0.15, 0.2) is 59.2 Å². The molecule has 7 nitrogen and oxygen atoms in total. The van der Waals surface area contributed by atoms with E-state index in [4.69, 9.17) is 0 Å². The Kier molecular flexibility index (Phi) is 5.20. The number of anilines is 5. The van der Waals surface area contributed by atoms with Gasteiger partial charge in [0.1, 0.15) is 0 Å². The third-order valence-corrected chi connectivity index (χ3v) is 3.64. The van der Waals surface area contributed by atoms with Crippen molar-refractivity contribution in [2.75, 3.05) is 16.0 Å². The Bertz CT molecular complexity index is 884. The van der Waals surface area contributed by atoms with Crippen LogP contribution in [0.1, 0.15) is 6.92 Å². The van der Waals surface area contributed by atoms with Gasteiger partial charge >= 0.3 is 0 Å². The second kappa shape index (κ2) is 7.71. The largest absolute Gasteiger partial charge is 0.339 e. The van der Waals surface area contributed by atoms with Crippen molar-refractivity contribution < 1.29 is 4.79 Å². The zero-order valence-electron chi connectivity index (χ0n) is 13.3. The Balaban J connectivity index is 1.73. The highest BCUT2D eigenvalue weighted by Crippen LogP contribution is 2.20. The van der Waals surface area contributed by atoms with E-state index >= 15 is 0 Å². The van der Waals surface area contributed by atoms with Crippen LogP contribution < -0.4 is 16.0 Å². The minimum atomic E-state index is -0.123. The van der Waals surface area contributed by atoms with Gasteiger partial charge in [-0.1, -0.05) is 22.0 Å². The van der Waals surface area contributed by atoms with Crippen LogP contribution in [0.4, 0.5) is 28.8 Å². The summed E-state index contributed by atoms with van der Waals surface area (Å²) in [5.74, 6) is 0.793. The second-order valence-electron chi connectivity index (χ2n) is 5.18. The monoisotopic (exact) mass is 398 g/mol. The van der Waals surface area contributed by atoms with E-state index in [0.717, 1.165) is 15.8 Å². The first kappa shape index (κ1) is 16.8. The molecule has 0 aliphatic rings. The summed E-state index contributed by atoms with van der Waals surface area (Å²) in [7, 11) is 0. The summed E-state index contributed by atoms with van der Waals surface area (Å²) in [6.07, 6.45) is 1.53. The molecule has 3 aromatic rings. The molecule has 0 fully saturated rings. The Labute approximate surface area is 153 Å². The van der Waals surface area contributed by atoms with Crippen molar-refractivity contribution in [1.29, 1.82) is 0 Å². The highest BCUT2D eigenvalue weighted by molar-refractivity contribution is 9.10. The van der Waals surface area contributed by atoms with Gasteiger partial charge in [-0.25, -0.2) is 0 Å². The van der Waals surface area contributed by atoms with Gasteiger partial charge in [-0.3, -0.25) is 4.79 Å². The molecule has 0 bridgehead atoms. The quantitative estimate of drug-likeness (QED) is 0.599. The molecule has 0 radical (unpaired) electrons. The molecule has 3 rings (SSSR count). The molecule has 0 aliphatic heterocycles. The average molecular weight is 399 g/mol. The van der Waals surface area contributed by atoms with Crippen molar-refractivity contribution in [2.24, 2.45) is 0 Å². The maximum absolute atomic E-state index is 11.1. The van der Waals surface area contributed by atoms with Gasteiger partial charge in [0, 0.05) is 28.5 Å². The van der Waals surface area contributed by atoms with E-state index in [1.807, 2.05) is 48.5 Å². The fraction of sp³-hybridized carbons (Fsp3) is 0.0588. The van der Waals surface area contributed by atoms with Gasteiger partial charge in [0.15, 0.2) is 5.82 Å². The standard InChI is InChI=1S/C17H15BrN6O/c1-11(25)20-14-3-2-4-15(9-14)21-16-10-19-24-17(23-16)22-13-7-5-12(18)6-8-13/h2-10H,1H3,(H,20,25)(H2,21,22,23,24). The van der Waals surface area contributed by atoms with Crippen LogP contribution in [-0.4, -0.2) is 21.1 Å². The molecule has 0 saturated heterocycles. The summed E-state index contributed by atoms with van der Waals surface area (Å²) in [5, 5.41) is 16.9. The van der Waals surface area contributed by atoms with Gasteiger partial charge in [-0.15, -0.1) is 5.10 Å². The summed E-state index contributed by atoms with van der Waals surface area (Å²) in [4.78, 5) is 15.5. The lowest BCUT2D eigenvalue weighted by Gasteiger charge is -2.09. The van der Waals surface area contributed by atoms with Crippen molar-refractivity contribution in [3.05, 3.63) is 59.2 Å². The molecule has 0 spiro atoms. The number of halogens is 1. The maximum Gasteiger partial charge on any atom is 0.249 e. The fourth-order valence-electron chi connectivity index (χ4n) is 2.10. The Morgan fingerprint density at radius 3 is 2.52 bits per heavy atom. The number of carbonyl (C=O) groups excluding carboxylic acids is 1. The number of benzene rings is 2. The number of nitrogens with zero attached hydrogens (tertiary/aromatic N) is 3. The van der Waals surface area contributed by atoms with E-state index in [1.54, 1.807) is 0 Å². The molecule has 2 aromatic carbocycles. The van der Waals surface area contributed by atoms with Crippen molar-refractivity contribution in [2.45, 2.75) is 6.92 Å². The minimum Gasteiger partial charge on any atom is -0.339 e. The fourth-order valence-corrected chi connectivity index (χ4v) is 2.37. The Morgan fingerprint density at radius 2 is 1.76 bits per heavy atom. The summed E-state index contributed by atoms with van der Waals surface area (Å²) in [6, 6.07) is 15.0. The molecule has 0 saturated carbocycles. The Morgan fingerprint density at radius 1 is 1.00 bits per heavy atom. The lowest BCUT2D eigenvalue weighted by atomic mass is 10.2. The third kappa shape index (κ3) is 4.98. The molecule has 0 atom stereocenters. The molecular formula is C17H15BrN6O. The van der Waals surface area contributed by atoms with Gasteiger partial charge < -0.3 is 16.0 Å². The van der Waals surface area contributed by atoms with Crippen molar-refractivity contribution in [1.82, 2.24) is 15.2 Å². The molecule has 1 amide bonds. The van der Waals surface area contributed by atoms with Gasteiger partial charge in [0.05, 0.1) is 6.20 Å². The van der Waals surface area contributed by atoms with Crippen LogP contribution in [-0.2, 0) is 4.79 Å². The lowest BCUT2D eigenvalue weighted by Crippen LogP contribution is -2.06. The third-order valence-electron chi connectivity index (χ3n) is 3.11. The number of carbonyl (C=O) groups is 1. The minimum absolute atomic E-state index is 0.123. The zero-order valence-corrected chi connectivity index (χ0v) is 14.9. The number of amides is 1. The van der Waals surface area contributed by atoms with Gasteiger partial charge in [-0.2, -0.15) is 10.1 Å². The summed E-state index contributed by atoms with van der Waals surface area (Å²) in [5.41, 5.74) is 2.34. The second-order valence-corrected chi connectivity index (χ2v) is 6.10. The van der Waals surface area contributed by atoms with Gasteiger partial charge in [-0.05, 0) is 42.5 Å². The van der Waals surface area contributed by atoms with Crippen LogP contribution >= 0.6 is 15.9 Å². The van der Waals surface area contributed by atoms with E-state index in [2.05, 4.69) is 47.1 Å². The summed E-state index contributed by atoms with van der Waals surface area (Å²) < 4.78 is 0.992. The molecule has 0 aliphatic carbocycles. The first-order valence-corrected chi connectivity index (χ1v) is 8.25. The summed E-state index contributed by atoms with van der Waals surface area (Å²) in [6.45, 7) is 1.47. The average Bonchev–Trinajstić information content (AvgIpc) is 2.57. The molecule has 1 heterocycles. The van der Waals surface area contributed by atoms with Gasteiger partial charge in [0.25, 0.3) is 0 Å². The number of aromatic nitrogens is 3. The molecule has 25 heavy (non-hydrogen) atoms. The Hall–Kier alpha value is -3.00. The molecular weight excluding hydrogens is 384 g/mol. The van der Waals surface area contributed by atoms with Crippen LogP contribution in [0.3, 0.4) is 0 Å². The van der Waals surface area contributed by atoms with E-state index in [-0.39, 0.29) is 5.91 Å². The smallest absolute Gasteiger partial charge is 0.249 e. The van der Waals surface area contributed by atoms with Crippen molar-refractivity contribution in [3.63, 3.8) is 0 Å². The van der Waals surface area contributed by atoms with E-state index in [9.17, 15) is 4.79 Å². The molecule has 126 valence electrons. The predicted octanol–water partition coefficient (Wildman–Crippen LogP) is 4.08. The molecule has 1 aromatic heterocycles. The predicted molar refractivity (Wildman–Crippen MR) is 101 cm³/mol. The van der Waals surface area contributed by atoms with E-state index in [1.165, 1.54) is 13.1 Å². The lowest BCUT2D eigenvalue weighted by molar-refractivity contribution is -0.114. The normalized spacial score (nSPS) is 10.2. The zero-order chi connectivity index (χ0) is 17.6. The first-order valence-electron chi connectivity index (χ1n) is 7.45.